The van der Waals surface area contributed by atoms with E-state index in [2.05, 4.69) is 193 Å². The minimum absolute atomic E-state index is 0.700. The second-order valence-corrected chi connectivity index (χ2v) is 15.1. The Labute approximate surface area is 327 Å². The molecule has 0 bridgehead atoms. The van der Waals surface area contributed by atoms with Gasteiger partial charge in [-0.3, -0.25) is 0 Å². The summed E-state index contributed by atoms with van der Waals surface area (Å²) in [6.45, 7) is 0. The third-order valence-electron chi connectivity index (χ3n) is 10.6. The molecule has 0 amide bonds. The zero-order chi connectivity index (χ0) is 37.0. The van der Waals surface area contributed by atoms with Gasteiger partial charge in [-0.25, -0.2) is 14.5 Å². The number of hydrogen-bond acceptors (Lipinski definition) is 4. The van der Waals surface area contributed by atoms with Gasteiger partial charge in [0.1, 0.15) is 5.69 Å². The SMILES string of the molecule is c1ccc(-c2cc(-c3cccc(-c4cc5ccccc5c5c(-c6ccccc6)c(-c6ccccc6)nn45)c3)nc(-c3ccc4c(c3)sc3ccccc34)n2)cc1. The zero-order valence-electron chi connectivity index (χ0n) is 30.2. The van der Waals surface area contributed by atoms with E-state index in [0.717, 1.165) is 78.0 Å². The summed E-state index contributed by atoms with van der Waals surface area (Å²) in [5.74, 6) is 0.700. The summed E-state index contributed by atoms with van der Waals surface area (Å²) in [5.41, 5.74) is 12.2. The quantitative estimate of drug-likeness (QED) is 0.171. The summed E-state index contributed by atoms with van der Waals surface area (Å²) in [6, 6.07) is 68.4. The van der Waals surface area contributed by atoms with Crippen molar-refractivity contribution in [2.24, 2.45) is 0 Å². The first-order valence-electron chi connectivity index (χ1n) is 18.8. The fraction of sp³-hybridized carbons (Fsp3) is 0. The van der Waals surface area contributed by atoms with Crippen LogP contribution in [0.3, 0.4) is 0 Å². The van der Waals surface area contributed by atoms with E-state index < -0.39 is 0 Å². The Hall–Kier alpha value is -7.21. The van der Waals surface area contributed by atoms with Gasteiger partial charge in [-0.15, -0.1) is 11.3 Å². The highest BCUT2D eigenvalue weighted by Crippen LogP contribution is 2.42. The minimum atomic E-state index is 0.700. The monoisotopic (exact) mass is 732 g/mol. The van der Waals surface area contributed by atoms with E-state index in [1.165, 1.54) is 20.2 Å². The molecule has 0 fully saturated rings. The van der Waals surface area contributed by atoms with E-state index in [0.29, 0.717) is 5.82 Å². The first-order chi connectivity index (χ1) is 27.7. The van der Waals surface area contributed by atoms with Crippen molar-refractivity contribution in [2.45, 2.75) is 0 Å². The minimum Gasteiger partial charge on any atom is -0.231 e. The van der Waals surface area contributed by atoms with Crippen LogP contribution in [0.15, 0.2) is 194 Å². The molecule has 0 saturated carbocycles. The average molecular weight is 733 g/mol. The van der Waals surface area contributed by atoms with Crippen LogP contribution in [-0.4, -0.2) is 19.6 Å². The van der Waals surface area contributed by atoms with Crippen molar-refractivity contribution in [3.05, 3.63) is 194 Å². The summed E-state index contributed by atoms with van der Waals surface area (Å²) in [6.07, 6.45) is 0. The van der Waals surface area contributed by atoms with Crippen molar-refractivity contribution in [2.75, 3.05) is 0 Å². The molecule has 7 aromatic carbocycles. The van der Waals surface area contributed by atoms with E-state index >= 15 is 0 Å². The van der Waals surface area contributed by atoms with Gasteiger partial charge in [0, 0.05) is 58.9 Å². The third kappa shape index (κ3) is 5.48. The van der Waals surface area contributed by atoms with Gasteiger partial charge in [0.25, 0.3) is 0 Å². The zero-order valence-corrected chi connectivity index (χ0v) is 31.0. The Kier molecular flexibility index (Phi) is 7.64. The third-order valence-corrected chi connectivity index (χ3v) is 11.8. The molecule has 0 N–H and O–H groups in total. The Bertz CT molecular complexity index is 3240. The number of benzene rings is 7. The van der Waals surface area contributed by atoms with Crippen LogP contribution in [-0.2, 0) is 0 Å². The lowest BCUT2D eigenvalue weighted by Gasteiger charge is -2.13. The predicted molar refractivity (Wildman–Crippen MR) is 234 cm³/mol. The lowest BCUT2D eigenvalue weighted by Crippen LogP contribution is -1.98. The van der Waals surface area contributed by atoms with E-state index in [1.54, 1.807) is 0 Å². The Morgan fingerprint density at radius 2 is 1.00 bits per heavy atom. The van der Waals surface area contributed by atoms with Crippen LogP contribution < -0.4 is 0 Å². The number of pyridine rings is 1. The van der Waals surface area contributed by atoms with Gasteiger partial charge in [-0.1, -0.05) is 164 Å². The molecule has 11 aromatic rings. The first-order valence-corrected chi connectivity index (χ1v) is 19.6. The lowest BCUT2D eigenvalue weighted by atomic mass is 9.96. The van der Waals surface area contributed by atoms with E-state index in [4.69, 9.17) is 15.1 Å². The van der Waals surface area contributed by atoms with Crippen LogP contribution in [0.4, 0.5) is 0 Å². The van der Waals surface area contributed by atoms with E-state index in [9.17, 15) is 0 Å². The molecule has 0 spiro atoms. The fourth-order valence-corrected chi connectivity index (χ4v) is 9.10. The van der Waals surface area contributed by atoms with Crippen LogP contribution in [0.2, 0.25) is 0 Å². The maximum atomic E-state index is 5.43. The summed E-state index contributed by atoms with van der Waals surface area (Å²) >= 11 is 1.81. The van der Waals surface area contributed by atoms with Gasteiger partial charge in [0.05, 0.1) is 22.6 Å². The molecule has 4 heterocycles. The van der Waals surface area contributed by atoms with E-state index in [1.807, 2.05) is 17.4 Å². The van der Waals surface area contributed by atoms with Crippen LogP contribution in [0, 0.1) is 0 Å². The molecule has 262 valence electrons. The lowest BCUT2D eigenvalue weighted by molar-refractivity contribution is 0.979. The highest BCUT2D eigenvalue weighted by molar-refractivity contribution is 7.25. The molecule has 0 aliphatic carbocycles. The maximum absolute atomic E-state index is 5.43. The smallest absolute Gasteiger partial charge is 0.160 e. The molecule has 4 nitrogen and oxygen atoms in total. The summed E-state index contributed by atoms with van der Waals surface area (Å²) in [7, 11) is 0. The van der Waals surface area contributed by atoms with Gasteiger partial charge >= 0.3 is 0 Å². The summed E-state index contributed by atoms with van der Waals surface area (Å²) < 4.78 is 4.65. The number of hydrogen-bond donors (Lipinski definition) is 0. The normalized spacial score (nSPS) is 11.6. The molecule has 5 heteroatoms. The van der Waals surface area contributed by atoms with Crippen molar-refractivity contribution >= 4 is 47.8 Å². The Morgan fingerprint density at radius 1 is 0.393 bits per heavy atom. The molecule has 0 aliphatic heterocycles. The number of fused-ring (bicyclic) bond motifs is 6. The van der Waals surface area contributed by atoms with Crippen LogP contribution in [0.5, 0.6) is 0 Å². The van der Waals surface area contributed by atoms with Crippen molar-refractivity contribution in [3.8, 4) is 67.5 Å². The standard InChI is InChI=1S/C51H32N4S/c1-4-15-33(16-5-1)43-32-44(53-51(52-43)39-27-28-42-41-25-12-13-26-46(41)56-47(42)31-39)37-22-14-23-38(29-37)45-30-36-21-10-11-24-40(36)50-48(34-17-6-2-7-18-34)49(54-55(45)50)35-19-8-3-9-20-35/h1-32H. The highest BCUT2D eigenvalue weighted by atomic mass is 32.1. The maximum Gasteiger partial charge on any atom is 0.160 e. The largest absolute Gasteiger partial charge is 0.231 e. The highest BCUT2D eigenvalue weighted by Gasteiger charge is 2.22. The van der Waals surface area contributed by atoms with Crippen molar-refractivity contribution in [3.63, 3.8) is 0 Å². The van der Waals surface area contributed by atoms with Crippen molar-refractivity contribution in [1.82, 2.24) is 19.6 Å². The molecule has 56 heavy (non-hydrogen) atoms. The molecule has 4 aromatic heterocycles. The van der Waals surface area contributed by atoms with Crippen LogP contribution >= 0.6 is 11.3 Å². The van der Waals surface area contributed by atoms with Crippen LogP contribution in [0.1, 0.15) is 0 Å². The molecule has 0 radical (unpaired) electrons. The van der Waals surface area contributed by atoms with Gasteiger partial charge < -0.3 is 0 Å². The van der Waals surface area contributed by atoms with E-state index in [-0.39, 0.29) is 0 Å². The average Bonchev–Trinajstić information content (AvgIpc) is 3.86. The van der Waals surface area contributed by atoms with Crippen LogP contribution in [0.25, 0.3) is 104 Å². The van der Waals surface area contributed by atoms with Gasteiger partial charge in [0.15, 0.2) is 5.82 Å². The van der Waals surface area contributed by atoms with Crippen molar-refractivity contribution in [1.29, 1.82) is 0 Å². The van der Waals surface area contributed by atoms with Gasteiger partial charge in [-0.05, 0) is 41.3 Å². The molecule has 0 unspecified atom stereocenters. The molecular formula is C51H32N4S. The molecular weight excluding hydrogens is 701 g/mol. The summed E-state index contributed by atoms with van der Waals surface area (Å²) in [4.78, 5) is 10.4. The second kappa shape index (κ2) is 13.3. The molecule has 11 rings (SSSR count). The fourth-order valence-electron chi connectivity index (χ4n) is 7.95. The summed E-state index contributed by atoms with van der Waals surface area (Å²) in [5, 5.41) is 10.3. The number of aromatic nitrogens is 4. The van der Waals surface area contributed by atoms with Gasteiger partial charge in [-0.2, -0.15) is 5.10 Å². The molecule has 0 aliphatic rings. The van der Waals surface area contributed by atoms with Crippen molar-refractivity contribution < 1.29 is 0 Å². The number of thiophene rings is 1. The number of rotatable bonds is 6. The number of nitrogens with zero attached hydrogens (tertiary/aromatic N) is 4. The second-order valence-electron chi connectivity index (χ2n) is 14.1. The topological polar surface area (TPSA) is 43.1 Å². The predicted octanol–water partition coefficient (Wildman–Crippen LogP) is 13.6. The molecule has 0 atom stereocenters. The first kappa shape index (κ1) is 32.2. The van der Waals surface area contributed by atoms with Gasteiger partial charge in [0.2, 0.25) is 0 Å². The Morgan fingerprint density at radius 3 is 1.79 bits per heavy atom. The Balaban J connectivity index is 1.12. The molecule has 0 saturated heterocycles.